The van der Waals surface area contributed by atoms with E-state index in [1.165, 1.54) is 0 Å². The first kappa shape index (κ1) is 12.2. The molecule has 0 spiro atoms. The van der Waals surface area contributed by atoms with Gasteiger partial charge < -0.3 is 0 Å². The van der Waals surface area contributed by atoms with Crippen molar-refractivity contribution in [3.8, 4) is 0 Å². The molecule has 0 unspecified atom stereocenters. The molecular formula is C13H21. The summed E-state index contributed by atoms with van der Waals surface area (Å²) in [5, 5.41) is 0. The summed E-state index contributed by atoms with van der Waals surface area (Å²) in [5.74, 6) is 0. The van der Waals surface area contributed by atoms with Gasteiger partial charge in [-0.25, -0.2) is 0 Å². The molecule has 0 bridgehead atoms. The second-order valence-corrected chi connectivity index (χ2v) is 2.97. The Morgan fingerprint density at radius 1 is 0.846 bits per heavy atom. The number of hydrogen-bond donors (Lipinski definition) is 0. The van der Waals surface area contributed by atoms with Crippen molar-refractivity contribution in [2.24, 2.45) is 0 Å². The molecule has 0 fully saturated rings. The van der Waals surface area contributed by atoms with Gasteiger partial charge in [0.25, 0.3) is 0 Å². The molecule has 0 saturated heterocycles. The molecule has 0 aliphatic carbocycles. The number of allylic oxidation sites excluding steroid dienone is 6. The van der Waals surface area contributed by atoms with Gasteiger partial charge in [-0.3, -0.25) is 0 Å². The number of rotatable bonds is 7. The number of hydrogen-bond acceptors (Lipinski definition) is 0. The van der Waals surface area contributed by atoms with Gasteiger partial charge in [0.15, 0.2) is 0 Å². The minimum Gasteiger partial charge on any atom is -0.0917 e. The molecule has 13 heavy (non-hydrogen) atoms. The first-order chi connectivity index (χ1) is 6.41. The van der Waals surface area contributed by atoms with Crippen LogP contribution in [0.2, 0.25) is 0 Å². The lowest BCUT2D eigenvalue weighted by molar-refractivity contribution is 1.03. The molecule has 0 aromatic heterocycles. The molecule has 0 nitrogen and oxygen atoms in total. The van der Waals surface area contributed by atoms with Crippen molar-refractivity contribution in [2.45, 2.75) is 39.0 Å². The quantitative estimate of drug-likeness (QED) is 0.398. The Bertz CT molecular complexity index is 161. The third-order valence-electron chi connectivity index (χ3n) is 1.71. The van der Waals surface area contributed by atoms with Crippen LogP contribution in [0.25, 0.3) is 0 Å². The lowest BCUT2D eigenvalue weighted by Gasteiger charge is -1.86. The molecule has 0 saturated carbocycles. The van der Waals surface area contributed by atoms with Crippen LogP contribution in [0.3, 0.4) is 0 Å². The molecule has 0 rings (SSSR count). The van der Waals surface area contributed by atoms with E-state index in [1.807, 2.05) is 0 Å². The lowest BCUT2D eigenvalue weighted by atomic mass is 10.2. The maximum atomic E-state index is 3.78. The van der Waals surface area contributed by atoms with Gasteiger partial charge in [0.2, 0.25) is 0 Å². The highest BCUT2D eigenvalue weighted by Gasteiger charge is 1.75. The second-order valence-electron chi connectivity index (χ2n) is 2.97. The molecule has 1 radical (unpaired) electrons. The molecule has 0 atom stereocenters. The molecule has 0 aromatic carbocycles. The average molecular weight is 177 g/mol. The van der Waals surface area contributed by atoms with Gasteiger partial charge in [0, 0.05) is 0 Å². The Balaban J connectivity index is 3.21. The maximum Gasteiger partial charge on any atom is -0.0169 e. The average Bonchev–Trinajstić information content (AvgIpc) is 2.16. The molecule has 0 amide bonds. The zero-order valence-corrected chi connectivity index (χ0v) is 8.71. The van der Waals surface area contributed by atoms with Crippen LogP contribution in [0.15, 0.2) is 36.5 Å². The third kappa shape index (κ3) is 11.2. The number of unbranched alkanes of at least 4 members (excludes halogenated alkanes) is 2. The standard InChI is InChI=1S/C13H21/c1-3-5-7-9-11-13-12-10-8-6-4-2/h4,6-7,9,12-13H,1,3,5,8,10-11H2,2H3. The Morgan fingerprint density at radius 3 is 2.08 bits per heavy atom. The monoisotopic (exact) mass is 177 g/mol. The van der Waals surface area contributed by atoms with Crippen molar-refractivity contribution in [3.05, 3.63) is 43.4 Å². The van der Waals surface area contributed by atoms with Crippen molar-refractivity contribution in [3.63, 3.8) is 0 Å². The van der Waals surface area contributed by atoms with Gasteiger partial charge in [0.05, 0.1) is 0 Å². The molecule has 0 heterocycles. The lowest BCUT2D eigenvalue weighted by Crippen LogP contribution is -1.65. The van der Waals surface area contributed by atoms with Gasteiger partial charge in [0.1, 0.15) is 0 Å². The summed E-state index contributed by atoms with van der Waals surface area (Å²) >= 11 is 0. The first-order valence-electron chi connectivity index (χ1n) is 5.12. The summed E-state index contributed by atoms with van der Waals surface area (Å²) in [5.41, 5.74) is 0. The van der Waals surface area contributed by atoms with Crippen LogP contribution < -0.4 is 0 Å². The molecule has 0 aliphatic rings. The van der Waals surface area contributed by atoms with E-state index >= 15 is 0 Å². The van der Waals surface area contributed by atoms with E-state index < -0.39 is 0 Å². The van der Waals surface area contributed by atoms with Crippen molar-refractivity contribution < 1.29 is 0 Å². The summed E-state index contributed by atoms with van der Waals surface area (Å²) in [6.07, 6.45) is 18.7. The fraction of sp³-hybridized carbons (Fsp3) is 0.462. The predicted octanol–water partition coefficient (Wildman–Crippen LogP) is 4.46. The molecular weight excluding hydrogens is 156 g/mol. The van der Waals surface area contributed by atoms with Crippen molar-refractivity contribution in [1.29, 1.82) is 0 Å². The van der Waals surface area contributed by atoms with Crippen molar-refractivity contribution in [1.82, 2.24) is 0 Å². The van der Waals surface area contributed by atoms with Gasteiger partial charge in [-0.05, 0) is 39.0 Å². The van der Waals surface area contributed by atoms with Gasteiger partial charge in [-0.2, -0.15) is 0 Å². The first-order valence-corrected chi connectivity index (χ1v) is 5.12. The van der Waals surface area contributed by atoms with E-state index in [0.29, 0.717) is 0 Å². The van der Waals surface area contributed by atoms with Gasteiger partial charge >= 0.3 is 0 Å². The summed E-state index contributed by atoms with van der Waals surface area (Å²) in [7, 11) is 0. The highest BCUT2D eigenvalue weighted by Crippen LogP contribution is 1.96. The summed E-state index contributed by atoms with van der Waals surface area (Å²) in [4.78, 5) is 0. The smallest absolute Gasteiger partial charge is 0.0169 e. The minimum absolute atomic E-state index is 1.00. The van der Waals surface area contributed by atoms with Crippen LogP contribution in [0, 0.1) is 6.92 Å². The Hall–Kier alpha value is -0.780. The van der Waals surface area contributed by atoms with E-state index in [9.17, 15) is 0 Å². The fourth-order valence-corrected chi connectivity index (χ4v) is 0.984. The van der Waals surface area contributed by atoms with Crippen LogP contribution in [-0.2, 0) is 0 Å². The maximum absolute atomic E-state index is 3.78. The Morgan fingerprint density at radius 2 is 1.46 bits per heavy atom. The minimum atomic E-state index is 1.00. The predicted molar refractivity (Wildman–Crippen MR) is 61.5 cm³/mol. The van der Waals surface area contributed by atoms with Crippen LogP contribution in [0.5, 0.6) is 0 Å². The van der Waals surface area contributed by atoms with Crippen LogP contribution in [-0.4, -0.2) is 0 Å². The zero-order valence-electron chi connectivity index (χ0n) is 8.71. The van der Waals surface area contributed by atoms with Crippen molar-refractivity contribution >= 4 is 0 Å². The van der Waals surface area contributed by atoms with E-state index in [-0.39, 0.29) is 0 Å². The van der Waals surface area contributed by atoms with E-state index in [4.69, 9.17) is 0 Å². The molecule has 73 valence electrons. The SMILES string of the molecule is [CH2]CCC=CCC=CCCC=CC. The van der Waals surface area contributed by atoms with E-state index in [1.54, 1.807) is 0 Å². The summed E-state index contributed by atoms with van der Waals surface area (Å²) < 4.78 is 0. The Kier molecular flexibility index (Phi) is 10.5. The van der Waals surface area contributed by atoms with E-state index in [2.05, 4.69) is 50.3 Å². The molecule has 0 heteroatoms. The molecule has 0 aromatic rings. The molecule has 0 N–H and O–H groups in total. The van der Waals surface area contributed by atoms with E-state index in [0.717, 1.165) is 32.1 Å². The van der Waals surface area contributed by atoms with Gasteiger partial charge in [-0.1, -0.05) is 43.4 Å². The normalized spacial score (nSPS) is 12.5. The van der Waals surface area contributed by atoms with Crippen LogP contribution in [0.4, 0.5) is 0 Å². The van der Waals surface area contributed by atoms with Crippen molar-refractivity contribution in [2.75, 3.05) is 0 Å². The topological polar surface area (TPSA) is 0 Å². The highest BCUT2D eigenvalue weighted by molar-refractivity contribution is 4.93. The summed E-state index contributed by atoms with van der Waals surface area (Å²) in [6.45, 7) is 5.84. The fourth-order valence-electron chi connectivity index (χ4n) is 0.984. The van der Waals surface area contributed by atoms with Crippen LogP contribution >= 0.6 is 0 Å². The largest absolute Gasteiger partial charge is 0.0917 e. The summed E-state index contributed by atoms with van der Waals surface area (Å²) in [6, 6.07) is 0. The Labute approximate surface area is 83.0 Å². The van der Waals surface area contributed by atoms with Crippen LogP contribution in [0.1, 0.15) is 39.0 Å². The highest BCUT2D eigenvalue weighted by atomic mass is 13.8. The zero-order chi connectivity index (χ0) is 9.78. The second kappa shape index (κ2) is 11.2. The third-order valence-corrected chi connectivity index (χ3v) is 1.71. The molecule has 0 aliphatic heterocycles. The van der Waals surface area contributed by atoms with Gasteiger partial charge in [-0.15, -0.1) is 0 Å².